The summed E-state index contributed by atoms with van der Waals surface area (Å²) >= 11 is 0. The second-order valence-corrected chi connectivity index (χ2v) is 8.24. The van der Waals surface area contributed by atoms with Crippen LogP contribution >= 0.6 is 0 Å². The van der Waals surface area contributed by atoms with Gasteiger partial charge in [0.1, 0.15) is 11.7 Å². The first-order valence-corrected chi connectivity index (χ1v) is 11.0. The molecule has 1 amide bonds. The Labute approximate surface area is 176 Å². The molecule has 2 aromatic rings. The van der Waals surface area contributed by atoms with Gasteiger partial charge in [-0.25, -0.2) is 9.97 Å². The maximum absolute atomic E-state index is 13.1. The summed E-state index contributed by atoms with van der Waals surface area (Å²) in [4.78, 5) is 33.4. The summed E-state index contributed by atoms with van der Waals surface area (Å²) in [7, 11) is 1.83. The van der Waals surface area contributed by atoms with Crippen molar-refractivity contribution >= 4 is 23.4 Å². The summed E-state index contributed by atoms with van der Waals surface area (Å²) in [5.74, 6) is 2.42. The molecule has 5 rings (SSSR count). The van der Waals surface area contributed by atoms with Gasteiger partial charge in [0.25, 0.3) is 0 Å². The number of carbonyl (C=O) groups excluding carboxylic acids is 1. The van der Waals surface area contributed by atoms with Crippen LogP contribution in [0.4, 0.5) is 17.5 Å². The van der Waals surface area contributed by atoms with E-state index in [0.29, 0.717) is 25.2 Å². The summed E-state index contributed by atoms with van der Waals surface area (Å²) in [6.45, 7) is 5.06. The zero-order valence-electron chi connectivity index (χ0n) is 17.7. The lowest BCUT2D eigenvalue weighted by Gasteiger charge is -2.43. The van der Waals surface area contributed by atoms with Crippen molar-refractivity contribution in [2.24, 2.45) is 0 Å². The van der Waals surface area contributed by atoms with Crippen LogP contribution in [0.25, 0.3) is 5.95 Å². The summed E-state index contributed by atoms with van der Waals surface area (Å²) in [5.41, 5.74) is 0.786. The van der Waals surface area contributed by atoms with Gasteiger partial charge < -0.3 is 19.4 Å². The molecule has 1 saturated carbocycles. The fourth-order valence-corrected chi connectivity index (χ4v) is 4.94. The number of imidazole rings is 1. The van der Waals surface area contributed by atoms with Gasteiger partial charge in [-0.2, -0.15) is 4.98 Å². The van der Waals surface area contributed by atoms with Crippen molar-refractivity contribution in [3.05, 3.63) is 18.6 Å². The highest BCUT2D eigenvalue weighted by molar-refractivity contribution is 6.04. The number of aromatic nitrogens is 4. The number of nitrogens with zero attached hydrogens (tertiary/aromatic N) is 7. The molecule has 3 aliphatic rings. The zero-order valence-corrected chi connectivity index (χ0v) is 17.7. The number of likely N-dealkylation sites (N-methyl/N-ethyl adjacent to an activating group) is 1. The highest BCUT2D eigenvalue weighted by Gasteiger charge is 2.41. The number of hydrogen-bond donors (Lipinski definition) is 0. The first-order chi connectivity index (χ1) is 14.7. The molecule has 0 N–H and O–H groups in total. The van der Waals surface area contributed by atoms with Crippen LogP contribution in [0.2, 0.25) is 0 Å². The van der Waals surface area contributed by atoms with E-state index in [-0.39, 0.29) is 11.9 Å². The molecular formula is C21H29N7O2. The van der Waals surface area contributed by atoms with Crippen molar-refractivity contribution in [1.82, 2.24) is 19.5 Å². The maximum Gasteiger partial charge on any atom is 0.249 e. The van der Waals surface area contributed by atoms with Gasteiger partial charge in [-0.1, -0.05) is 19.8 Å². The van der Waals surface area contributed by atoms with Crippen LogP contribution in [0, 0.1) is 0 Å². The SMILES string of the molecule is CCC1C(=O)N(C)c2cnc(-n3ccnc3N3CCOCC3)nc2N1C1CCCC1. The standard InChI is InChI=1S/C21H29N7O2/c1-3-16-19(29)25(2)17-14-23-20(24-18(17)28(16)15-6-4-5-7-15)27-9-8-22-21(27)26-10-12-30-13-11-26/h8-9,14-16H,3-7,10-13H2,1-2H3. The molecule has 2 aliphatic heterocycles. The number of hydrogen-bond acceptors (Lipinski definition) is 7. The normalized spacial score (nSPS) is 22.7. The lowest BCUT2D eigenvalue weighted by Crippen LogP contribution is -2.55. The molecular weight excluding hydrogens is 382 g/mol. The van der Waals surface area contributed by atoms with E-state index in [1.165, 1.54) is 12.8 Å². The molecule has 1 unspecified atom stereocenters. The van der Waals surface area contributed by atoms with Gasteiger partial charge in [0.15, 0.2) is 5.82 Å². The molecule has 30 heavy (non-hydrogen) atoms. The van der Waals surface area contributed by atoms with E-state index in [4.69, 9.17) is 9.72 Å². The molecule has 4 heterocycles. The van der Waals surface area contributed by atoms with Crippen LogP contribution in [-0.4, -0.2) is 70.9 Å². The van der Waals surface area contributed by atoms with Crippen LogP contribution in [0.5, 0.6) is 0 Å². The van der Waals surface area contributed by atoms with Crippen molar-refractivity contribution in [3.8, 4) is 5.95 Å². The van der Waals surface area contributed by atoms with Crippen LogP contribution in [0.3, 0.4) is 0 Å². The third-order valence-electron chi connectivity index (χ3n) is 6.53. The Hall–Kier alpha value is -2.68. The molecule has 0 bridgehead atoms. The molecule has 9 heteroatoms. The predicted molar refractivity (Wildman–Crippen MR) is 114 cm³/mol. The minimum Gasteiger partial charge on any atom is -0.378 e. The van der Waals surface area contributed by atoms with Gasteiger partial charge in [-0.15, -0.1) is 0 Å². The monoisotopic (exact) mass is 411 g/mol. The Bertz CT molecular complexity index is 918. The number of morpholine rings is 1. The Kier molecular flexibility index (Phi) is 5.06. The van der Waals surface area contributed by atoms with E-state index < -0.39 is 0 Å². The van der Waals surface area contributed by atoms with E-state index in [2.05, 4.69) is 26.7 Å². The van der Waals surface area contributed by atoms with Gasteiger partial charge in [-0.3, -0.25) is 9.36 Å². The minimum absolute atomic E-state index is 0.130. The zero-order chi connectivity index (χ0) is 20.7. The highest BCUT2D eigenvalue weighted by atomic mass is 16.5. The van der Waals surface area contributed by atoms with Crippen molar-refractivity contribution in [3.63, 3.8) is 0 Å². The molecule has 1 saturated heterocycles. The van der Waals surface area contributed by atoms with Crippen LogP contribution in [0.1, 0.15) is 39.0 Å². The number of ether oxygens (including phenoxy) is 1. The van der Waals surface area contributed by atoms with E-state index in [0.717, 1.165) is 49.8 Å². The topological polar surface area (TPSA) is 79.6 Å². The number of anilines is 3. The highest BCUT2D eigenvalue weighted by Crippen LogP contribution is 2.39. The van der Waals surface area contributed by atoms with E-state index >= 15 is 0 Å². The second-order valence-electron chi connectivity index (χ2n) is 8.24. The average Bonchev–Trinajstić information content (AvgIpc) is 3.48. The molecule has 1 aliphatic carbocycles. The van der Waals surface area contributed by atoms with E-state index in [1.807, 2.05) is 17.8 Å². The lowest BCUT2D eigenvalue weighted by molar-refractivity contribution is -0.120. The molecule has 160 valence electrons. The molecule has 2 fully saturated rings. The summed E-state index contributed by atoms with van der Waals surface area (Å²) in [6.07, 6.45) is 10.9. The fourth-order valence-electron chi connectivity index (χ4n) is 4.94. The van der Waals surface area contributed by atoms with Crippen molar-refractivity contribution in [2.45, 2.75) is 51.1 Å². The first-order valence-electron chi connectivity index (χ1n) is 11.0. The summed E-state index contributed by atoms with van der Waals surface area (Å²) < 4.78 is 7.42. The third-order valence-corrected chi connectivity index (χ3v) is 6.53. The van der Waals surface area contributed by atoms with Crippen molar-refractivity contribution in [2.75, 3.05) is 48.1 Å². The Morgan fingerprint density at radius 1 is 1.17 bits per heavy atom. The van der Waals surface area contributed by atoms with Gasteiger partial charge >= 0.3 is 0 Å². The molecule has 9 nitrogen and oxygen atoms in total. The van der Waals surface area contributed by atoms with E-state index in [9.17, 15) is 4.79 Å². The molecule has 0 radical (unpaired) electrons. The number of fused-ring (bicyclic) bond motifs is 1. The first kappa shape index (κ1) is 19.3. The Balaban J connectivity index is 1.57. The lowest BCUT2D eigenvalue weighted by atomic mass is 10.0. The summed E-state index contributed by atoms with van der Waals surface area (Å²) in [6, 6.07) is 0.186. The van der Waals surface area contributed by atoms with Gasteiger partial charge in [0.2, 0.25) is 17.8 Å². The number of amides is 1. The van der Waals surface area contributed by atoms with Crippen LogP contribution in [0.15, 0.2) is 18.6 Å². The number of carbonyl (C=O) groups is 1. The predicted octanol–water partition coefficient (Wildman–Crippen LogP) is 2.00. The quantitative estimate of drug-likeness (QED) is 0.761. The second kappa shape index (κ2) is 7.86. The van der Waals surface area contributed by atoms with Crippen LogP contribution in [-0.2, 0) is 9.53 Å². The fraction of sp³-hybridized carbons (Fsp3) is 0.619. The molecule has 0 aromatic carbocycles. The van der Waals surface area contributed by atoms with Gasteiger partial charge in [0.05, 0.1) is 19.4 Å². The largest absolute Gasteiger partial charge is 0.378 e. The molecule has 2 aromatic heterocycles. The molecule has 1 atom stereocenters. The van der Waals surface area contributed by atoms with Gasteiger partial charge in [0, 0.05) is 38.6 Å². The molecule has 0 spiro atoms. The average molecular weight is 412 g/mol. The number of rotatable bonds is 4. The van der Waals surface area contributed by atoms with E-state index in [1.54, 1.807) is 17.3 Å². The summed E-state index contributed by atoms with van der Waals surface area (Å²) in [5, 5.41) is 0. The smallest absolute Gasteiger partial charge is 0.249 e. The maximum atomic E-state index is 13.1. The Morgan fingerprint density at radius 2 is 1.93 bits per heavy atom. The van der Waals surface area contributed by atoms with Gasteiger partial charge in [-0.05, 0) is 19.3 Å². The van der Waals surface area contributed by atoms with Crippen molar-refractivity contribution < 1.29 is 9.53 Å². The van der Waals surface area contributed by atoms with Crippen LogP contribution < -0.4 is 14.7 Å². The van der Waals surface area contributed by atoms with Crippen molar-refractivity contribution in [1.29, 1.82) is 0 Å². The Morgan fingerprint density at radius 3 is 2.67 bits per heavy atom. The third kappa shape index (κ3) is 3.12. The minimum atomic E-state index is -0.171.